The second-order valence-electron chi connectivity index (χ2n) is 5.54. The van der Waals surface area contributed by atoms with Gasteiger partial charge in [-0.3, -0.25) is 4.79 Å². The van der Waals surface area contributed by atoms with Gasteiger partial charge in [0.15, 0.2) is 5.78 Å². The van der Waals surface area contributed by atoms with Gasteiger partial charge in [0.2, 0.25) is 0 Å². The highest BCUT2D eigenvalue weighted by atomic mass is 16.1. The summed E-state index contributed by atoms with van der Waals surface area (Å²) in [7, 11) is 0. The Morgan fingerprint density at radius 2 is 1.55 bits per heavy atom. The van der Waals surface area contributed by atoms with Crippen LogP contribution >= 0.6 is 0 Å². The van der Waals surface area contributed by atoms with Crippen molar-refractivity contribution in [1.29, 1.82) is 0 Å². The second-order valence-corrected chi connectivity index (χ2v) is 5.54. The van der Waals surface area contributed by atoms with Gasteiger partial charge in [-0.25, -0.2) is 0 Å². The Bertz CT molecular complexity index is 888. The van der Waals surface area contributed by atoms with Crippen molar-refractivity contribution >= 4 is 16.6 Å². The molecule has 0 aromatic heterocycles. The lowest BCUT2D eigenvalue weighted by atomic mass is 9.81. The Balaban J connectivity index is 2.24. The van der Waals surface area contributed by atoms with E-state index in [1.807, 2.05) is 25.1 Å². The van der Waals surface area contributed by atoms with Crippen LogP contribution < -0.4 is 0 Å². The summed E-state index contributed by atoms with van der Waals surface area (Å²) in [6.07, 6.45) is 0. The first kappa shape index (κ1) is 11.4. The van der Waals surface area contributed by atoms with E-state index < -0.39 is 0 Å². The van der Waals surface area contributed by atoms with Crippen molar-refractivity contribution in [2.24, 2.45) is 0 Å². The van der Waals surface area contributed by atoms with Crippen LogP contribution in [0.1, 0.15) is 27.0 Å². The molecular formula is C19H14O. The van der Waals surface area contributed by atoms with E-state index in [2.05, 4.69) is 37.3 Å². The monoisotopic (exact) mass is 258 g/mol. The van der Waals surface area contributed by atoms with Crippen molar-refractivity contribution in [2.45, 2.75) is 13.8 Å². The fourth-order valence-electron chi connectivity index (χ4n) is 3.19. The minimum atomic E-state index is 0.146. The van der Waals surface area contributed by atoms with Gasteiger partial charge in [-0.2, -0.15) is 0 Å². The summed E-state index contributed by atoms with van der Waals surface area (Å²) in [6, 6.07) is 16.5. The van der Waals surface area contributed by atoms with E-state index >= 15 is 0 Å². The molecule has 0 radical (unpaired) electrons. The molecular weight excluding hydrogens is 244 g/mol. The molecule has 0 heterocycles. The quantitative estimate of drug-likeness (QED) is 0.448. The molecule has 0 fully saturated rings. The number of fused-ring (bicyclic) bond motifs is 2. The zero-order valence-electron chi connectivity index (χ0n) is 11.5. The predicted octanol–water partition coefficient (Wildman–Crippen LogP) is 4.67. The highest BCUT2D eigenvalue weighted by Gasteiger charge is 2.25. The number of carbonyl (C=O) groups excluding carboxylic acids is 1. The molecule has 1 aliphatic rings. The highest BCUT2D eigenvalue weighted by Crippen LogP contribution is 2.40. The number of rotatable bonds is 0. The summed E-state index contributed by atoms with van der Waals surface area (Å²) < 4.78 is 0. The van der Waals surface area contributed by atoms with Crippen molar-refractivity contribution < 1.29 is 4.79 Å². The van der Waals surface area contributed by atoms with E-state index in [4.69, 9.17) is 0 Å². The second kappa shape index (κ2) is 3.80. The van der Waals surface area contributed by atoms with Gasteiger partial charge in [0.1, 0.15) is 0 Å². The standard InChI is InChI=1S/C19H14O/c1-11-6-8-14-15-9-7-12(2)13-4-3-5-16(18(13)15)19(20)17(14)10-11/h3-10H,1-2H3. The summed E-state index contributed by atoms with van der Waals surface area (Å²) >= 11 is 0. The van der Waals surface area contributed by atoms with Gasteiger partial charge in [-0.1, -0.05) is 48.0 Å². The number of hydrogen-bond donors (Lipinski definition) is 0. The molecule has 0 saturated heterocycles. The van der Waals surface area contributed by atoms with Crippen LogP contribution in [0.5, 0.6) is 0 Å². The van der Waals surface area contributed by atoms with Crippen LogP contribution in [0.4, 0.5) is 0 Å². The maximum absolute atomic E-state index is 12.8. The van der Waals surface area contributed by atoms with Gasteiger partial charge < -0.3 is 0 Å². The zero-order chi connectivity index (χ0) is 13.9. The molecule has 4 rings (SSSR count). The van der Waals surface area contributed by atoms with Crippen LogP contribution in [-0.2, 0) is 0 Å². The van der Waals surface area contributed by atoms with Gasteiger partial charge in [0, 0.05) is 16.5 Å². The third-order valence-electron chi connectivity index (χ3n) is 4.21. The predicted molar refractivity (Wildman–Crippen MR) is 82.3 cm³/mol. The van der Waals surface area contributed by atoms with E-state index in [0.717, 1.165) is 27.6 Å². The number of hydrogen-bond acceptors (Lipinski definition) is 1. The van der Waals surface area contributed by atoms with E-state index in [1.165, 1.54) is 16.5 Å². The molecule has 0 aliphatic heterocycles. The van der Waals surface area contributed by atoms with Gasteiger partial charge in [-0.05, 0) is 42.0 Å². The Morgan fingerprint density at radius 1 is 0.750 bits per heavy atom. The smallest absolute Gasteiger partial charge is 0.194 e. The first-order valence-electron chi connectivity index (χ1n) is 6.85. The van der Waals surface area contributed by atoms with E-state index in [1.54, 1.807) is 0 Å². The molecule has 1 heteroatoms. The number of carbonyl (C=O) groups is 1. The summed E-state index contributed by atoms with van der Waals surface area (Å²) in [5.41, 5.74) is 6.24. The van der Waals surface area contributed by atoms with Crippen LogP contribution in [-0.4, -0.2) is 5.78 Å². The van der Waals surface area contributed by atoms with Crippen LogP contribution in [0.25, 0.3) is 21.9 Å². The normalized spacial score (nSPS) is 12.6. The van der Waals surface area contributed by atoms with Crippen molar-refractivity contribution in [3.8, 4) is 11.1 Å². The van der Waals surface area contributed by atoms with Crippen molar-refractivity contribution in [3.63, 3.8) is 0 Å². The Kier molecular flexibility index (Phi) is 2.17. The van der Waals surface area contributed by atoms with Crippen LogP contribution in [0.3, 0.4) is 0 Å². The molecule has 0 amide bonds. The molecule has 20 heavy (non-hydrogen) atoms. The molecule has 1 nitrogen and oxygen atoms in total. The fourth-order valence-corrected chi connectivity index (χ4v) is 3.19. The Labute approximate surface area is 117 Å². The van der Waals surface area contributed by atoms with Gasteiger partial charge in [0.05, 0.1) is 0 Å². The van der Waals surface area contributed by atoms with Gasteiger partial charge in [0.25, 0.3) is 0 Å². The lowest BCUT2D eigenvalue weighted by Crippen LogP contribution is -2.10. The molecule has 1 aliphatic carbocycles. The molecule has 0 bridgehead atoms. The maximum atomic E-state index is 12.8. The first-order chi connectivity index (χ1) is 9.66. The lowest BCUT2D eigenvalue weighted by molar-refractivity contribution is 0.104. The summed E-state index contributed by atoms with van der Waals surface area (Å²) in [4.78, 5) is 12.8. The minimum Gasteiger partial charge on any atom is -0.289 e. The summed E-state index contributed by atoms with van der Waals surface area (Å²) in [6.45, 7) is 4.12. The maximum Gasteiger partial charge on any atom is 0.194 e. The Hall–Kier alpha value is -2.41. The topological polar surface area (TPSA) is 17.1 Å². The molecule has 0 saturated carbocycles. The molecule has 3 aromatic rings. The average molecular weight is 258 g/mol. The van der Waals surface area contributed by atoms with Crippen LogP contribution in [0.15, 0.2) is 48.5 Å². The largest absolute Gasteiger partial charge is 0.289 e. The van der Waals surface area contributed by atoms with Crippen molar-refractivity contribution in [1.82, 2.24) is 0 Å². The van der Waals surface area contributed by atoms with Crippen molar-refractivity contribution in [2.75, 3.05) is 0 Å². The molecule has 0 atom stereocenters. The zero-order valence-corrected chi connectivity index (χ0v) is 11.5. The molecule has 96 valence electrons. The van der Waals surface area contributed by atoms with E-state index in [0.29, 0.717) is 0 Å². The molecule has 3 aromatic carbocycles. The van der Waals surface area contributed by atoms with E-state index in [-0.39, 0.29) is 5.78 Å². The number of ketones is 1. The number of aryl methyl sites for hydroxylation is 2. The molecule has 0 spiro atoms. The first-order valence-corrected chi connectivity index (χ1v) is 6.85. The molecule has 0 N–H and O–H groups in total. The average Bonchev–Trinajstić information content (AvgIpc) is 2.46. The Morgan fingerprint density at radius 3 is 2.40 bits per heavy atom. The summed E-state index contributed by atoms with van der Waals surface area (Å²) in [5, 5.41) is 2.29. The highest BCUT2D eigenvalue weighted by molar-refractivity contribution is 6.26. The van der Waals surface area contributed by atoms with Gasteiger partial charge >= 0.3 is 0 Å². The van der Waals surface area contributed by atoms with E-state index in [9.17, 15) is 4.79 Å². The molecule has 0 unspecified atom stereocenters. The van der Waals surface area contributed by atoms with Gasteiger partial charge in [-0.15, -0.1) is 0 Å². The van der Waals surface area contributed by atoms with Crippen LogP contribution in [0, 0.1) is 13.8 Å². The fraction of sp³-hybridized carbons (Fsp3) is 0.105. The van der Waals surface area contributed by atoms with Crippen molar-refractivity contribution in [3.05, 3.63) is 70.8 Å². The summed E-state index contributed by atoms with van der Waals surface area (Å²) in [5.74, 6) is 0.146. The third kappa shape index (κ3) is 1.35. The minimum absolute atomic E-state index is 0.146. The van der Waals surface area contributed by atoms with Crippen LogP contribution in [0.2, 0.25) is 0 Å². The third-order valence-corrected chi connectivity index (χ3v) is 4.21. The lowest BCUT2D eigenvalue weighted by Gasteiger charge is -2.21. The SMILES string of the molecule is Cc1ccc2c(c1)C(=O)c1cccc3c(C)ccc-2c13. The number of benzene rings is 3.